The predicted octanol–water partition coefficient (Wildman–Crippen LogP) is 1.98. The van der Waals surface area contributed by atoms with Gasteiger partial charge in [-0.1, -0.05) is 13.8 Å². The molecular weight excluding hydrogens is 174 g/mol. The second kappa shape index (κ2) is 5.13. The van der Waals surface area contributed by atoms with Crippen molar-refractivity contribution in [1.29, 1.82) is 0 Å². The van der Waals surface area contributed by atoms with E-state index < -0.39 is 0 Å². The van der Waals surface area contributed by atoms with Crippen LogP contribution < -0.4 is 0 Å². The zero-order valence-electron chi connectivity index (χ0n) is 10.0. The molecule has 0 saturated heterocycles. The van der Waals surface area contributed by atoms with Crippen LogP contribution in [0.15, 0.2) is 0 Å². The van der Waals surface area contributed by atoms with Crippen LogP contribution in [0.2, 0.25) is 0 Å². The molecule has 0 spiro atoms. The second-order valence-electron chi connectivity index (χ2n) is 5.41. The van der Waals surface area contributed by atoms with Crippen molar-refractivity contribution in [2.45, 2.75) is 39.2 Å². The lowest BCUT2D eigenvalue weighted by atomic mass is 9.74. The number of hydrogen-bond donors (Lipinski definition) is 1. The largest absolute Gasteiger partial charge is 0.393 e. The minimum absolute atomic E-state index is 0.0626. The Hall–Kier alpha value is -0.0800. The van der Waals surface area contributed by atoms with Crippen molar-refractivity contribution in [3.05, 3.63) is 0 Å². The Morgan fingerprint density at radius 2 is 1.93 bits per heavy atom. The SMILES string of the molecule is CC(C)C1CCC(O)C(CN(C)C)C1. The molecule has 1 fully saturated rings. The van der Waals surface area contributed by atoms with Crippen molar-refractivity contribution in [1.82, 2.24) is 4.90 Å². The van der Waals surface area contributed by atoms with Gasteiger partial charge in [0.25, 0.3) is 0 Å². The summed E-state index contributed by atoms with van der Waals surface area (Å²) in [7, 11) is 4.18. The molecule has 14 heavy (non-hydrogen) atoms. The molecule has 1 N–H and O–H groups in total. The lowest BCUT2D eigenvalue weighted by Crippen LogP contribution is -2.37. The fourth-order valence-corrected chi connectivity index (χ4v) is 2.56. The van der Waals surface area contributed by atoms with Gasteiger partial charge in [0.1, 0.15) is 0 Å². The average molecular weight is 199 g/mol. The Labute approximate surface area is 88.3 Å². The maximum absolute atomic E-state index is 9.89. The highest BCUT2D eigenvalue weighted by molar-refractivity contribution is 4.82. The Morgan fingerprint density at radius 3 is 2.43 bits per heavy atom. The molecule has 0 heterocycles. The van der Waals surface area contributed by atoms with Crippen molar-refractivity contribution in [3.63, 3.8) is 0 Å². The number of rotatable bonds is 3. The third kappa shape index (κ3) is 3.25. The van der Waals surface area contributed by atoms with Crippen molar-refractivity contribution in [2.24, 2.45) is 17.8 Å². The highest BCUT2D eigenvalue weighted by Gasteiger charge is 2.30. The first-order valence-electron chi connectivity index (χ1n) is 5.83. The molecule has 2 nitrogen and oxygen atoms in total. The van der Waals surface area contributed by atoms with E-state index in [1.165, 1.54) is 12.8 Å². The molecule has 1 aliphatic rings. The number of hydrogen-bond acceptors (Lipinski definition) is 2. The van der Waals surface area contributed by atoms with E-state index in [-0.39, 0.29) is 6.10 Å². The van der Waals surface area contributed by atoms with Crippen LogP contribution in [0.4, 0.5) is 0 Å². The third-order valence-corrected chi connectivity index (χ3v) is 3.53. The number of aliphatic hydroxyl groups is 1. The maximum atomic E-state index is 9.89. The Bertz CT molecular complexity index is 168. The summed E-state index contributed by atoms with van der Waals surface area (Å²) < 4.78 is 0. The van der Waals surface area contributed by atoms with Crippen LogP contribution in [0.25, 0.3) is 0 Å². The maximum Gasteiger partial charge on any atom is 0.0580 e. The van der Waals surface area contributed by atoms with Crippen LogP contribution in [0, 0.1) is 17.8 Å². The second-order valence-corrected chi connectivity index (χ2v) is 5.41. The topological polar surface area (TPSA) is 23.5 Å². The molecule has 0 aromatic rings. The van der Waals surface area contributed by atoms with Gasteiger partial charge < -0.3 is 10.0 Å². The molecule has 0 radical (unpaired) electrons. The van der Waals surface area contributed by atoms with Crippen molar-refractivity contribution < 1.29 is 5.11 Å². The summed E-state index contributed by atoms with van der Waals surface area (Å²) >= 11 is 0. The molecule has 84 valence electrons. The molecule has 1 saturated carbocycles. The van der Waals surface area contributed by atoms with E-state index in [0.29, 0.717) is 5.92 Å². The molecule has 3 atom stereocenters. The Kier molecular flexibility index (Phi) is 4.39. The van der Waals surface area contributed by atoms with E-state index in [1.54, 1.807) is 0 Å². The summed E-state index contributed by atoms with van der Waals surface area (Å²) in [6.45, 7) is 5.63. The van der Waals surface area contributed by atoms with E-state index in [2.05, 4.69) is 32.8 Å². The van der Waals surface area contributed by atoms with Gasteiger partial charge in [-0.25, -0.2) is 0 Å². The summed E-state index contributed by atoms with van der Waals surface area (Å²) in [6.07, 6.45) is 3.36. The first kappa shape index (κ1) is 12.0. The highest BCUT2D eigenvalue weighted by atomic mass is 16.3. The lowest BCUT2D eigenvalue weighted by Gasteiger charge is -2.36. The monoisotopic (exact) mass is 199 g/mol. The third-order valence-electron chi connectivity index (χ3n) is 3.53. The van der Waals surface area contributed by atoms with Gasteiger partial charge in [-0.2, -0.15) is 0 Å². The van der Waals surface area contributed by atoms with Crippen molar-refractivity contribution in [2.75, 3.05) is 20.6 Å². The first-order valence-corrected chi connectivity index (χ1v) is 5.83. The van der Waals surface area contributed by atoms with Gasteiger partial charge in [-0.15, -0.1) is 0 Å². The fraction of sp³-hybridized carbons (Fsp3) is 1.00. The molecule has 0 aliphatic heterocycles. The van der Waals surface area contributed by atoms with Gasteiger partial charge in [0, 0.05) is 6.54 Å². The van der Waals surface area contributed by atoms with Gasteiger partial charge >= 0.3 is 0 Å². The Balaban J connectivity index is 2.46. The van der Waals surface area contributed by atoms with Crippen LogP contribution >= 0.6 is 0 Å². The summed E-state index contributed by atoms with van der Waals surface area (Å²) in [4.78, 5) is 2.19. The average Bonchev–Trinajstić information content (AvgIpc) is 2.07. The predicted molar refractivity (Wildman–Crippen MR) is 60.2 cm³/mol. The molecular formula is C12H25NO. The van der Waals surface area contributed by atoms with Crippen LogP contribution in [0.3, 0.4) is 0 Å². The fourth-order valence-electron chi connectivity index (χ4n) is 2.56. The van der Waals surface area contributed by atoms with E-state index in [9.17, 15) is 5.11 Å². The van der Waals surface area contributed by atoms with Crippen LogP contribution in [0.5, 0.6) is 0 Å². The standard InChI is InChI=1S/C12H25NO/c1-9(2)10-5-6-12(14)11(7-10)8-13(3)4/h9-12,14H,5-8H2,1-4H3. The smallest absolute Gasteiger partial charge is 0.0580 e. The minimum Gasteiger partial charge on any atom is -0.393 e. The summed E-state index contributed by atoms with van der Waals surface area (Å²) in [5.74, 6) is 2.08. The van der Waals surface area contributed by atoms with Gasteiger partial charge in [0.05, 0.1) is 6.10 Å². The van der Waals surface area contributed by atoms with Crippen molar-refractivity contribution >= 4 is 0 Å². The summed E-state index contributed by atoms with van der Waals surface area (Å²) in [6, 6.07) is 0. The van der Waals surface area contributed by atoms with E-state index in [4.69, 9.17) is 0 Å². The molecule has 0 amide bonds. The van der Waals surface area contributed by atoms with Gasteiger partial charge in [0.2, 0.25) is 0 Å². The zero-order valence-corrected chi connectivity index (χ0v) is 10.0. The van der Waals surface area contributed by atoms with E-state index >= 15 is 0 Å². The zero-order chi connectivity index (χ0) is 10.7. The minimum atomic E-state index is -0.0626. The summed E-state index contributed by atoms with van der Waals surface area (Å²) in [5, 5.41) is 9.89. The molecule has 0 aromatic carbocycles. The van der Waals surface area contributed by atoms with Gasteiger partial charge in [-0.3, -0.25) is 0 Å². The normalized spacial score (nSPS) is 34.1. The number of nitrogens with zero attached hydrogens (tertiary/aromatic N) is 1. The van der Waals surface area contributed by atoms with E-state index in [0.717, 1.165) is 24.8 Å². The highest BCUT2D eigenvalue weighted by Crippen LogP contribution is 2.34. The first-order chi connectivity index (χ1) is 6.50. The van der Waals surface area contributed by atoms with Gasteiger partial charge in [-0.05, 0) is 51.1 Å². The lowest BCUT2D eigenvalue weighted by molar-refractivity contribution is 0.0257. The summed E-state index contributed by atoms with van der Waals surface area (Å²) in [5.41, 5.74) is 0. The quantitative estimate of drug-likeness (QED) is 0.751. The van der Waals surface area contributed by atoms with Gasteiger partial charge in [0.15, 0.2) is 0 Å². The molecule has 1 rings (SSSR count). The molecule has 1 aliphatic carbocycles. The van der Waals surface area contributed by atoms with E-state index in [1.807, 2.05) is 0 Å². The molecule has 0 bridgehead atoms. The molecule has 0 aromatic heterocycles. The van der Waals surface area contributed by atoms with Crippen LogP contribution in [-0.2, 0) is 0 Å². The molecule has 2 heteroatoms. The Morgan fingerprint density at radius 1 is 1.29 bits per heavy atom. The molecule has 3 unspecified atom stereocenters. The van der Waals surface area contributed by atoms with Crippen LogP contribution in [-0.4, -0.2) is 36.8 Å². The van der Waals surface area contributed by atoms with Crippen molar-refractivity contribution in [3.8, 4) is 0 Å². The van der Waals surface area contributed by atoms with Crippen LogP contribution in [0.1, 0.15) is 33.1 Å². The number of aliphatic hydroxyl groups excluding tert-OH is 1.